The van der Waals surface area contributed by atoms with E-state index in [2.05, 4.69) is 6.92 Å². The molecule has 1 aromatic heterocycles. The number of hydrogen-bond acceptors (Lipinski definition) is 2. The smallest absolute Gasteiger partial charge is 0.247 e. The number of aryl methyl sites for hydroxylation is 1. The van der Waals surface area contributed by atoms with Gasteiger partial charge in [-0.25, -0.2) is 0 Å². The Kier molecular flexibility index (Phi) is 4.94. The van der Waals surface area contributed by atoms with Crippen LogP contribution in [0.25, 0.3) is 6.08 Å². The number of amides is 2. The Hall–Kier alpha value is -2.30. The van der Waals surface area contributed by atoms with E-state index < -0.39 is 0 Å². The van der Waals surface area contributed by atoms with E-state index in [1.165, 1.54) is 30.4 Å². The minimum atomic E-state index is 0.0458. The maximum Gasteiger partial charge on any atom is 0.247 e. The van der Waals surface area contributed by atoms with Gasteiger partial charge in [0.2, 0.25) is 11.8 Å². The monoisotopic (exact) mass is 367 g/mol. The van der Waals surface area contributed by atoms with Gasteiger partial charge in [-0.1, -0.05) is 26.2 Å². The van der Waals surface area contributed by atoms with Crippen molar-refractivity contribution in [2.45, 2.75) is 32.6 Å². The van der Waals surface area contributed by atoms with Crippen molar-refractivity contribution in [1.82, 2.24) is 14.4 Å². The van der Waals surface area contributed by atoms with Gasteiger partial charge in [-0.15, -0.1) is 0 Å². The van der Waals surface area contributed by atoms with Gasteiger partial charge < -0.3 is 14.4 Å². The SMILES string of the molecule is CC(CC1CCC1)C(=O)N1CC2=C(CN(C(=O)/C=C/c3ccn(C)c3)C2)C1. The van der Waals surface area contributed by atoms with Crippen molar-refractivity contribution in [3.05, 3.63) is 41.2 Å². The molecule has 3 aliphatic rings. The first-order valence-corrected chi connectivity index (χ1v) is 10.1. The largest absolute Gasteiger partial charge is 0.357 e. The van der Waals surface area contributed by atoms with Crippen molar-refractivity contribution < 1.29 is 9.59 Å². The fraction of sp³-hybridized carbons (Fsp3) is 0.545. The van der Waals surface area contributed by atoms with Crippen LogP contribution in [0.1, 0.15) is 38.2 Å². The fourth-order valence-electron chi connectivity index (χ4n) is 4.43. The highest BCUT2D eigenvalue weighted by Crippen LogP contribution is 2.34. The van der Waals surface area contributed by atoms with Gasteiger partial charge in [0.1, 0.15) is 0 Å². The lowest BCUT2D eigenvalue weighted by Gasteiger charge is -2.30. The van der Waals surface area contributed by atoms with Gasteiger partial charge in [-0.3, -0.25) is 9.59 Å². The Balaban J connectivity index is 1.27. The molecule has 0 N–H and O–H groups in total. The normalized spacial score (nSPS) is 21.1. The number of hydrogen-bond donors (Lipinski definition) is 0. The van der Waals surface area contributed by atoms with Crippen molar-refractivity contribution >= 4 is 17.9 Å². The number of nitrogens with zero attached hydrogens (tertiary/aromatic N) is 3. The molecule has 4 rings (SSSR count). The lowest BCUT2D eigenvalue weighted by Crippen LogP contribution is -2.38. The molecule has 2 aliphatic heterocycles. The molecule has 0 aromatic carbocycles. The van der Waals surface area contributed by atoms with Gasteiger partial charge in [0, 0.05) is 57.6 Å². The van der Waals surface area contributed by atoms with E-state index in [0.717, 1.165) is 17.9 Å². The van der Waals surface area contributed by atoms with Crippen LogP contribution < -0.4 is 0 Å². The third-order valence-corrected chi connectivity index (χ3v) is 6.26. The molecular weight excluding hydrogens is 338 g/mol. The standard InChI is InChI=1S/C22H29N3O2/c1-16(10-17-4-3-5-17)22(27)25-14-19-12-24(13-20(19)15-25)21(26)7-6-18-8-9-23(2)11-18/h6-9,11,16-17H,3-5,10,12-15H2,1-2H3/b7-6+. The molecule has 5 nitrogen and oxygen atoms in total. The third-order valence-electron chi connectivity index (χ3n) is 6.26. The first-order valence-electron chi connectivity index (χ1n) is 10.1. The molecule has 1 unspecified atom stereocenters. The number of carbonyl (C=O) groups is 2. The molecule has 0 spiro atoms. The molecule has 1 saturated carbocycles. The number of carbonyl (C=O) groups excluding carboxylic acids is 2. The molecule has 1 aromatic rings. The molecule has 5 heteroatoms. The van der Waals surface area contributed by atoms with Crippen LogP contribution in [0.3, 0.4) is 0 Å². The fourth-order valence-corrected chi connectivity index (χ4v) is 4.43. The van der Waals surface area contributed by atoms with Crippen molar-refractivity contribution in [3.63, 3.8) is 0 Å². The average Bonchev–Trinajstić information content (AvgIpc) is 3.29. The zero-order chi connectivity index (χ0) is 19.0. The predicted molar refractivity (Wildman–Crippen MR) is 106 cm³/mol. The van der Waals surface area contributed by atoms with E-state index in [0.29, 0.717) is 26.2 Å². The summed E-state index contributed by atoms with van der Waals surface area (Å²) in [7, 11) is 1.97. The van der Waals surface area contributed by atoms with E-state index in [9.17, 15) is 9.59 Å². The highest BCUT2D eigenvalue weighted by molar-refractivity contribution is 5.92. The van der Waals surface area contributed by atoms with Crippen molar-refractivity contribution in [2.24, 2.45) is 18.9 Å². The predicted octanol–water partition coefficient (Wildman–Crippen LogP) is 2.85. The quantitative estimate of drug-likeness (QED) is 0.593. The summed E-state index contributed by atoms with van der Waals surface area (Å²) in [6.45, 7) is 4.81. The van der Waals surface area contributed by atoms with E-state index in [1.807, 2.05) is 46.0 Å². The zero-order valence-corrected chi connectivity index (χ0v) is 16.4. The number of aromatic nitrogens is 1. The molecule has 144 valence electrons. The maximum atomic E-state index is 12.7. The Labute approximate surface area is 161 Å². The van der Waals surface area contributed by atoms with Gasteiger partial charge in [0.15, 0.2) is 0 Å². The molecule has 2 amide bonds. The highest BCUT2D eigenvalue weighted by atomic mass is 16.2. The minimum absolute atomic E-state index is 0.0458. The molecule has 0 saturated heterocycles. The average molecular weight is 367 g/mol. The van der Waals surface area contributed by atoms with Gasteiger partial charge >= 0.3 is 0 Å². The summed E-state index contributed by atoms with van der Waals surface area (Å²) < 4.78 is 1.97. The Morgan fingerprint density at radius 2 is 1.81 bits per heavy atom. The second-order valence-electron chi connectivity index (χ2n) is 8.47. The van der Waals surface area contributed by atoms with E-state index in [4.69, 9.17) is 0 Å². The second-order valence-corrected chi connectivity index (χ2v) is 8.47. The van der Waals surface area contributed by atoms with Crippen LogP contribution >= 0.6 is 0 Å². The van der Waals surface area contributed by atoms with E-state index in [1.54, 1.807) is 6.08 Å². The number of rotatable bonds is 5. The molecule has 27 heavy (non-hydrogen) atoms. The summed E-state index contributed by atoms with van der Waals surface area (Å²) in [4.78, 5) is 29.1. The molecular formula is C22H29N3O2. The van der Waals surface area contributed by atoms with Gasteiger partial charge in [-0.05, 0) is 41.2 Å². The van der Waals surface area contributed by atoms with E-state index in [-0.39, 0.29) is 17.7 Å². The van der Waals surface area contributed by atoms with Crippen LogP contribution in [0, 0.1) is 11.8 Å². The van der Waals surface area contributed by atoms with Gasteiger partial charge in [0.05, 0.1) is 0 Å². The summed E-state index contributed by atoms with van der Waals surface area (Å²) in [5.41, 5.74) is 3.56. The minimum Gasteiger partial charge on any atom is -0.357 e. The van der Waals surface area contributed by atoms with Gasteiger partial charge in [-0.2, -0.15) is 0 Å². The Morgan fingerprint density at radius 1 is 1.15 bits per heavy atom. The first-order chi connectivity index (χ1) is 13.0. The lowest BCUT2D eigenvalue weighted by molar-refractivity contribution is -0.134. The van der Waals surface area contributed by atoms with Crippen LogP contribution in [-0.4, -0.2) is 52.4 Å². The zero-order valence-electron chi connectivity index (χ0n) is 16.4. The van der Waals surface area contributed by atoms with Crippen LogP contribution in [0.5, 0.6) is 0 Å². The lowest BCUT2D eigenvalue weighted by atomic mass is 9.79. The summed E-state index contributed by atoms with van der Waals surface area (Å²) >= 11 is 0. The second kappa shape index (κ2) is 7.37. The summed E-state index contributed by atoms with van der Waals surface area (Å²) in [5.74, 6) is 1.22. The van der Waals surface area contributed by atoms with Crippen LogP contribution in [0.15, 0.2) is 35.7 Å². The highest BCUT2D eigenvalue weighted by Gasteiger charge is 2.35. The molecule has 0 bridgehead atoms. The van der Waals surface area contributed by atoms with Gasteiger partial charge in [0.25, 0.3) is 0 Å². The summed E-state index contributed by atoms with van der Waals surface area (Å²) in [6, 6.07) is 1.99. The van der Waals surface area contributed by atoms with Crippen molar-refractivity contribution in [2.75, 3.05) is 26.2 Å². The van der Waals surface area contributed by atoms with Crippen molar-refractivity contribution in [1.29, 1.82) is 0 Å². The third kappa shape index (κ3) is 3.87. The van der Waals surface area contributed by atoms with Crippen molar-refractivity contribution in [3.8, 4) is 0 Å². The molecule has 1 aliphatic carbocycles. The van der Waals surface area contributed by atoms with Crippen LogP contribution in [0.4, 0.5) is 0 Å². The van der Waals surface area contributed by atoms with Crippen LogP contribution in [0.2, 0.25) is 0 Å². The van der Waals surface area contributed by atoms with E-state index >= 15 is 0 Å². The van der Waals surface area contributed by atoms with Crippen LogP contribution in [-0.2, 0) is 16.6 Å². The molecule has 1 atom stereocenters. The molecule has 1 fully saturated rings. The maximum absolute atomic E-state index is 12.7. The Morgan fingerprint density at radius 3 is 2.37 bits per heavy atom. The Bertz CT molecular complexity index is 782. The topological polar surface area (TPSA) is 45.6 Å². The first kappa shape index (κ1) is 18.1. The summed E-state index contributed by atoms with van der Waals surface area (Å²) in [5, 5.41) is 0. The molecule has 3 heterocycles. The summed E-state index contributed by atoms with van der Waals surface area (Å²) in [6.07, 6.45) is 12.4. The molecule has 0 radical (unpaired) electrons.